The lowest BCUT2D eigenvalue weighted by Gasteiger charge is -2.16. The molecular formula is C20H16ClN3O5. The molecule has 1 aliphatic heterocycles. The molecule has 3 aromatic rings. The van der Waals surface area contributed by atoms with Gasteiger partial charge < -0.3 is 19.6 Å². The number of aliphatic hydroxyl groups is 1. The number of carbonyl (C=O) groups excluding carboxylic acids is 1. The molecule has 2 N–H and O–H groups in total. The highest BCUT2D eigenvalue weighted by molar-refractivity contribution is 6.31. The van der Waals surface area contributed by atoms with E-state index in [2.05, 4.69) is 10.1 Å². The van der Waals surface area contributed by atoms with Crippen molar-refractivity contribution in [1.29, 1.82) is 0 Å². The number of hydrogen-bond acceptors (Lipinski definition) is 6. The molecule has 0 aliphatic carbocycles. The Hall–Kier alpha value is -3.23. The summed E-state index contributed by atoms with van der Waals surface area (Å²) >= 11 is 6.02. The molecule has 8 nitrogen and oxygen atoms in total. The van der Waals surface area contributed by atoms with Crippen LogP contribution in [-0.2, 0) is 10.4 Å². The Morgan fingerprint density at radius 1 is 1.21 bits per heavy atom. The van der Waals surface area contributed by atoms with Crippen LogP contribution in [0.4, 0.5) is 0 Å². The smallest absolute Gasteiger partial charge is 0.354 e. The van der Waals surface area contributed by atoms with Crippen LogP contribution in [0.25, 0.3) is 22.5 Å². The number of rotatable bonds is 4. The number of benzene rings is 1. The lowest BCUT2D eigenvalue weighted by Crippen LogP contribution is -2.35. The molecule has 3 heterocycles. The summed E-state index contributed by atoms with van der Waals surface area (Å²) in [5.41, 5.74) is 0.228. The van der Waals surface area contributed by atoms with E-state index in [0.717, 1.165) is 0 Å². The average molecular weight is 414 g/mol. The summed E-state index contributed by atoms with van der Waals surface area (Å²) < 4.78 is 5.28. The van der Waals surface area contributed by atoms with Crippen molar-refractivity contribution in [2.75, 3.05) is 13.6 Å². The van der Waals surface area contributed by atoms with Crippen LogP contribution in [0.5, 0.6) is 0 Å². The fourth-order valence-electron chi connectivity index (χ4n) is 3.28. The number of carbonyl (C=O) groups is 2. The number of pyridine rings is 1. The minimum atomic E-state index is -1.72. The van der Waals surface area contributed by atoms with Crippen LogP contribution in [0.15, 0.2) is 47.0 Å². The minimum absolute atomic E-state index is 0.0845. The van der Waals surface area contributed by atoms with E-state index >= 15 is 0 Å². The second kappa shape index (κ2) is 6.98. The van der Waals surface area contributed by atoms with Crippen LogP contribution in [-0.4, -0.2) is 50.7 Å². The zero-order valence-corrected chi connectivity index (χ0v) is 16.1. The monoisotopic (exact) mass is 413 g/mol. The van der Waals surface area contributed by atoms with Gasteiger partial charge in [-0.2, -0.15) is 0 Å². The summed E-state index contributed by atoms with van der Waals surface area (Å²) in [5.74, 6) is -1.52. The van der Waals surface area contributed by atoms with Crippen molar-refractivity contribution in [1.82, 2.24) is 15.0 Å². The zero-order valence-electron chi connectivity index (χ0n) is 15.3. The van der Waals surface area contributed by atoms with Crippen molar-refractivity contribution in [3.63, 3.8) is 0 Å². The standard InChI is InChI=1S/C20H16ClN3O5/c1-24-6-5-20(28,19(24)27)17-10-15(23-29-17)12-4-2-3-11(7-12)14-8-13(21)9-16(22-14)18(25)26/h2-4,7-10,28H,5-6H2,1H3,(H,25,26). The second-order valence-electron chi connectivity index (χ2n) is 6.86. The summed E-state index contributed by atoms with van der Waals surface area (Å²) in [7, 11) is 1.62. The Balaban J connectivity index is 1.70. The molecule has 148 valence electrons. The summed E-state index contributed by atoms with van der Waals surface area (Å²) in [5, 5.41) is 24.1. The number of hydrogen-bond donors (Lipinski definition) is 2. The predicted molar refractivity (Wildman–Crippen MR) is 103 cm³/mol. The van der Waals surface area contributed by atoms with Crippen LogP contribution in [0.1, 0.15) is 22.7 Å². The first-order chi connectivity index (χ1) is 13.8. The molecule has 29 heavy (non-hydrogen) atoms. The molecule has 9 heteroatoms. The van der Waals surface area contributed by atoms with Gasteiger partial charge in [-0.1, -0.05) is 35.0 Å². The van der Waals surface area contributed by atoms with Crippen molar-refractivity contribution in [3.8, 4) is 22.5 Å². The number of likely N-dealkylation sites (N-methyl/N-ethyl adjacent to an activating group) is 1. The first kappa shape index (κ1) is 19.1. The molecule has 1 aromatic carbocycles. The van der Waals surface area contributed by atoms with Gasteiger partial charge in [0.1, 0.15) is 11.4 Å². The molecule has 0 spiro atoms. The third-order valence-corrected chi connectivity index (χ3v) is 5.11. The quantitative estimate of drug-likeness (QED) is 0.675. The van der Waals surface area contributed by atoms with Gasteiger partial charge in [0.25, 0.3) is 5.91 Å². The van der Waals surface area contributed by atoms with E-state index in [-0.39, 0.29) is 22.9 Å². The lowest BCUT2D eigenvalue weighted by atomic mass is 9.97. The highest BCUT2D eigenvalue weighted by Gasteiger charge is 2.48. The van der Waals surface area contributed by atoms with Gasteiger partial charge in [0.15, 0.2) is 5.76 Å². The molecule has 1 atom stereocenters. The zero-order chi connectivity index (χ0) is 20.8. The lowest BCUT2D eigenvalue weighted by molar-refractivity contribution is -0.144. The molecule has 1 aliphatic rings. The summed E-state index contributed by atoms with van der Waals surface area (Å²) in [4.78, 5) is 29.0. The third-order valence-electron chi connectivity index (χ3n) is 4.89. The van der Waals surface area contributed by atoms with Crippen LogP contribution < -0.4 is 0 Å². The van der Waals surface area contributed by atoms with E-state index in [0.29, 0.717) is 29.1 Å². The van der Waals surface area contributed by atoms with E-state index in [1.54, 1.807) is 37.4 Å². The highest BCUT2D eigenvalue weighted by atomic mass is 35.5. The van der Waals surface area contributed by atoms with Crippen LogP contribution in [0.3, 0.4) is 0 Å². The largest absolute Gasteiger partial charge is 0.477 e. The first-order valence-corrected chi connectivity index (χ1v) is 9.12. The van der Waals surface area contributed by atoms with Gasteiger partial charge in [0.05, 0.1) is 5.69 Å². The van der Waals surface area contributed by atoms with Gasteiger partial charge in [-0.25, -0.2) is 9.78 Å². The topological polar surface area (TPSA) is 117 Å². The Labute approximate surface area is 170 Å². The van der Waals surface area contributed by atoms with Gasteiger partial charge in [-0.15, -0.1) is 0 Å². The summed E-state index contributed by atoms with van der Waals surface area (Å²) in [6.45, 7) is 0.424. The second-order valence-corrected chi connectivity index (χ2v) is 7.29. The van der Waals surface area contributed by atoms with E-state index in [1.165, 1.54) is 17.0 Å². The number of likely N-dealkylation sites (tertiary alicyclic amines) is 1. The van der Waals surface area contributed by atoms with Crippen LogP contribution in [0, 0.1) is 0 Å². The normalized spacial score (nSPS) is 19.0. The third kappa shape index (κ3) is 3.37. The molecule has 0 saturated carbocycles. The molecule has 1 amide bonds. The van der Waals surface area contributed by atoms with E-state index in [9.17, 15) is 19.8 Å². The Kier molecular flexibility index (Phi) is 4.60. The van der Waals surface area contributed by atoms with Crippen LogP contribution >= 0.6 is 11.6 Å². The molecule has 0 bridgehead atoms. The SMILES string of the molecule is CN1CCC(O)(c2cc(-c3cccc(-c4cc(Cl)cc(C(=O)O)n4)c3)no2)C1=O. The fourth-order valence-corrected chi connectivity index (χ4v) is 3.49. The number of carboxylic acids is 1. The van der Waals surface area contributed by atoms with Gasteiger partial charge in [-0.05, 0) is 18.2 Å². The van der Waals surface area contributed by atoms with Gasteiger partial charge >= 0.3 is 5.97 Å². The predicted octanol–water partition coefficient (Wildman–Crippen LogP) is 2.80. The van der Waals surface area contributed by atoms with Crippen molar-refractivity contribution in [3.05, 3.63) is 58.9 Å². The first-order valence-electron chi connectivity index (χ1n) is 8.75. The Morgan fingerprint density at radius 3 is 2.59 bits per heavy atom. The molecule has 4 rings (SSSR count). The summed E-state index contributed by atoms with van der Waals surface area (Å²) in [6, 6.07) is 11.4. The van der Waals surface area contributed by atoms with Gasteiger partial charge in [0, 0.05) is 42.2 Å². The van der Waals surface area contributed by atoms with Crippen LogP contribution in [0.2, 0.25) is 5.02 Å². The number of nitrogens with zero attached hydrogens (tertiary/aromatic N) is 3. The Bertz CT molecular complexity index is 1130. The maximum absolute atomic E-state index is 12.3. The number of aromatic carboxylic acids is 1. The van der Waals surface area contributed by atoms with E-state index < -0.39 is 17.5 Å². The number of amides is 1. The molecule has 1 unspecified atom stereocenters. The molecule has 1 fully saturated rings. The maximum Gasteiger partial charge on any atom is 0.354 e. The number of halogens is 1. The van der Waals surface area contributed by atoms with Gasteiger partial charge in [0.2, 0.25) is 5.60 Å². The average Bonchev–Trinajstić information content (AvgIpc) is 3.30. The molecule has 1 saturated heterocycles. The fraction of sp³-hybridized carbons (Fsp3) is 0.200. The number of carboxylic acid groups (broad SMARTS) is 1. The highest BCUT2D eigenvalue weighted by Crippen LogP contribution is 2.35. The van der Waals surface area contributed by atoms with Crippen molar-refractivity contribution in [2.24, 2.45) is 0 Å². The van der Waals surface area contributed by atoms with E-state index in [4.69, 9.17) is 16.1 Å². The number of aromatic nitrogens is 2. The Morgan fingerprint density at radius 2 is 1.93 bits per heavy atom. The van der Waals surface area contributed by atoms with Gasteiger partial charge in [-0.3, -0.25) is 4.79 Å². The van der Waals surface area contributed by atoms with Crippen molar-refractivity contribution in [2.45, 2.75) is 12.0 Å². The van der Waals surface area contributed by atoms with Crippen molar-refractivity contribution < 1.29 is 24.3 Å². The molecule has 0 radical (unpaired) electrons. The molecular weight excluding hydrogens is 398 g/mol. The maximum atomic E-state index is 12.3. The van der Waals surface area contributed by atoms with E-state index in [1.807, 2.05) is 0 Å². The summed E-state index contributed by atoms with van der Waals surface area (Å²) in [6.07, 6.45) is 0.224. The molecule has 2 aromatic heterocycles. The minimum Gasteiger partial charge on any atom is -0.477 e. The van der Waals surface area contributed by atoms with Crippen molar-refractivity contribution >= 4 is 23.5 Å².